The minimum atomic E-state index is -0.379. The van der Waals surface area contributed by atoms with Gasteiger partial charge >= 0.3 is 5.82 Å². The maximum absolute atomic E-state index is 11.3. The van der Waals surface area contributed by atoms with Gasteiger partial charge in [-0.05, 0) is 28.9 Å². The van der Waals surface area contributed by atoms with Crippen molar-refractivity contribution in [3.8, 4) is 0 Å². The number of nitrogens with one attached hydrogen (secondary N) is 1. The zero-order chi connectivity index (χ0) is 14.4. The highest BCUT2D eigenvalue weighted by atomic mass is 32.1. The van der Waals surface area contributed by atoms with E-state index in [1.54, 1.807) is 11.6 Å². The van der Waals surface area contributed by atoms with Gasteiger partial charge in [0.05, 0.1) is 6.04 Å². The van der Waals surface area contributed by atoms with Gasteiger partial charge < -0.3 is 15.4 Å². The molecule has 0 amide bonds. The monoisotopic (exact) mass is 300 g/mol. The van der Waals surface area contributed by atoms with Crippen molar-refractivity contribution in [2.75, 3.05) is 5.32 Å². The Morgan fingerprint density at radius 2 is 2.29 bits per heavy atom. The van der Waals surface area contributed by atoms with E-state index in [2.05, 4.69) is 22.4 Å². The predicted octanol–water partition coefficient (Wildman–Crippen LogP) is 3.40. The topological polar surface area (TPSA) is 72.5 Å². The number of anilines is 1. The Kier molecular flexibility index (Phi) is 2.68. The number of imidazole rings is 1. The van der Waals surface area contributed by atoms with Crippen LogP contribution in [0.2, 0.25) is 0 Å². The van der Waals surface area contributed by atoms with E-state index in [1.807, 2.05) is 12.1 Å². The molecule has 0 bridgehead atoms. The van der Waals surface area contributed by atoms with Crippen LogP contribution in [0.1, 0.15) is 23.6 Å². The summed E-state index contributed by atoms with van der Waals surface area (Å²) in [7, 11) is 0. The molecule has 0 saturated heterocycles. The minimum Gasteiger partial charge on any atom is -0.358 e. The fourth-order valence-electron chi connectivity index (χ4n) is 2.92. The van der Waals surface area contributed by atoms with Gasteiger partial charge in [-0.2, -0.15) is 9.38 Å². The molecule has 7 heteroatoms. The third-order valence-corrected chi connectivity index (χ3v) is 4.61. The first kappa shape index (κ1) is 12.3. The zero-order valence-corrected chi connectivity index (χ0v) is 11.8. The molecule has 0 aliphatic heterocycles. The summed E-state index contributed by atoms with van der Waals surface area (Å²) in [5, 5.41) is 16.4. The normalized spacial score (nSPS) is 17.0. The number of fused-ring (bicyclic) bond motifs is 2. The number of aromatic nitrogens is 2. The molecule has 0 radical (unpaired) electrons. The van der Waals surface area contributed by atoms with Gasteiger partial charge in [-0.1, -0.05) is 35.6 Å². The first-order valence-electron chi connectivity index (χ1n) is 6.68. The van der Waals surface area contributed by atoms with Crippen LogP contribution in [0.4, 0.5) is 11.6 Å². The van der Waals surface area contributed by atoms with Crippen LogP contribution < -0.4 is 5.32 Å². The number of rotatable bonds is 3. The summed E-state index contributed by atoms with van der Waals surface area (Å²) in [6, 6.07) is 8.29. The molecule has 1 aromatic carbocycles. The first-order chi connectivity index (χ1) is 10.2. The number of benzene rings is 1. The van der Waals surface area contributed by atoms with Gasteiger partial charge in [-0.3, -0.25) is 0 Å². The number of nitro groups is 1. The summed E-state index contributed by atoms with van der Waals surface area (Å²) in [6.45, 7) is 0. The van der Waals surface area contributed by atoms with Crippen LogP contribution in [0, 0.1) is 10.1 Å². The van der Waals surface area contributed by atoms with E-state index >= 15 is 0 Å². The lowest BCUT2D eigenvalue weighted by Gasteiger charge is -2.12. The molecule has 0 unspecified atom stereocenters. The molecule has 0 fully saturated rings. The Morgan fingerprint density at radius 1 is 1.43 bits per heavy atom. The van der Waals surface area contributed by atoms with Gasteiger partial charge in [0.25, 0.3) is 4.96 Å². The molecule has 3 aromatic rings. The summed E-state index contributed by atoms with van der Waals surface area (Å²) in [5.41, 5.74) is 2.52. The lowest BCUT2D eigenvalue weighted by atomic mass is 10.1. The van der Waals surface area contributed by atoms with Crippen LogP contribution in [-0.4, -0.2) is 14.3 Å². The summed E-state index contributed by atoms with van der Waals surface area (Å²) >= 11 is 1.39. The summed E-state index contributed by atoms with van der Waals surface area (Å²) in [4.78, 5) is 15.9. The Balaban J connectivity index is 1.74. The van der Waals surface area contributed by atoms with E-state index in [1.165, 1.54) is 26.9 Å². The fraction of sp³-hybridized carbons (Fsp3) is 0.214. The zero-order valence-electron chi connectivity index (χ0n) is 11.0. The molecular weight excluding hydrogens is 288 g/mol. The molecule has 0 spiro atoms. The SMILES string of the molecule is O=[N+]([O-])c1c(N[C@H]2CCc3ccccc32)nc2sccn12. The highest BCUT2D eigenvalue weighted by Crippen LogP contribution is 2.36. The smallest absolute Gasteiger partial charge is 0.358 e. The van der Waals surface area contributed by atoms with Crippen molar-refractivity contribution in [1.82, 2.24) is 9.38 Å². The molecule has 1 N–H and O–H groups in total. The van der Waals surface area contributed by atoms with Crippen molar-refractivity contribution in [3.63, 3.8) is 0 Å². The third kappa shape index (κ3) is 1.89. The van der Waals surface area contributed by atoms with Crippen molar-refractivity contribution in [3.05, 3.63) is 57.1 Å². The Morgan fingerprint density at radius 3 is 3.14 bits per heavy atom. The number of aryl methyl sites for hydroxylation is 1. The van der Waals surface area contributed by atoms with Crippen LogP contribution in [0.5, 0.6) is 0 Å². The average Bonchev–Trinajstić information content (AvgIpc) is 3.13. The van der Waals surface area contributed by atoms with E-state index in [0.29, 0.717) is 10.8 Å². The molecule has 6 nitrogen and oxygen atoms in total. The van der Waals surface area contributed by atoms with Crippen LogP contribution in [0.15, 0.2) is 35.8 Å². The van der Waals surface area contributed by atoms with Gasteiger partial charge in [0.2, 0.25) is 5.82 Å². The number of hydrogen-bond donors (Lipinski definition) is 1. The lowest BCUT2D eigenvalue weighted by Crippen LogP contribution is -2.09. The molecule has 2 heterocycles. The maximum Gasteiger partial charge on any atom is 0.372 e. The van der Waals surface area contributed by atoms with Crippen molar-refractivity contribution < 1.29 is 4.92 Å². The molecule has 2 aromatic heterocycles. The van der Waals surface area contributed by atoms with Crippen LogP contribution in [-0.2, 0) is 6.42 Å². The highest BCUT2D eigenvalue weighted by Gasteiger charge is 2.28. The lowest BCUT2D eigenvalue weighted by molar-refractivity contribution is -0.389. The van der Waals surface area contributed by atoms with Crippen molar-refractivity contribution in [2.45, 2.75) is 18.9 Å². The Hall–Kier alpha value is -2.41. The van der Waals surface area contributed by atoms with Crippen molar-refractivity contribution in [1.29, 1.82) is 0 Å². The largest absolute Gasteiger partial charge is 0.372 e. The number of hydrogen-bond acceptors (Lipinski definition) is 5. The summed E-state index contributed by atoms with van der Waals surface area (Å²) < 4.78 is 1.52. The molecule has 4 rings (SSSR count). The second-order valence-corrected chi connectivity index (χ2v) is 5.90. The fourth-order valence-corrected chi connectivity index (χ4v) is 3.63. The average molecular weight is 300 g/mol. The van der Waals surface area contributed by atoms with Crippen LogP contribution in [0.3, 0.4) is 0 Å². The van der Waals surface area contributed by atoms with Gasteiger partial charge in [0, 0.05) is 5.38 Å². The van der Waals surface area contributed by atoms with Crippen LogP contribution >= 0.6 is 11.3 Å². The highest BCUT2D eigenvalue weighted by molar-refractivity contribution is 7.15. The Labute approximate surface area is 124 Å². The van der Waals surface area contributed by atoms with E-state index in [4.69, 9.17) is 0 Å². The van der Waals surface area contributed by atoms with E-state index < -0.39 is 0 Å². The van der Waals surface area contributed by atoms with Gasteiger partial charge in [-0.15, -0.1) is 0 Å². The summed E-state index contributed by atoms with van der Waals surface area (Å²) in [5.74, 6) is 0.365. The molecular formula is C14H12N4O2S. The van der Waals surface area contributed by atoms with E-state index in [9.17, 15) is 10.1 Å². The van der Waals surface area contributed by atoms with Gasteiger partial charge in [0.15, 0.2) is 0 Å². The van der Waals surface area contributed by atoms with Crippen LogP contribution in [0.25, 0.3) is 4.96 Å². The molecule has 1 aliphatic rings. The predicted molar refractivity (Wildman–Crippen MR) is 80.9 cm³/mol. The molecule has 106 valence electrons. The quantitative estimate of drug-likeness (QED) is 0.594. The second-order valence-electron chi connectivity index (χ2n) is 5.03. The maximum atomic E-state index is 11.3. The minimum absolute atomic E-state index is 0.00984. The molecule has 0 saturated carbocycles. The van der Waals surface area contributed by atoms with Crippen molar-refractivity contribution >= 4 is 27.9 Å². The standard InChI is InChI=1S/C14H12N4O2S/c19-18(20)13-12(16-14-17(13)7-8-21-14)15-11-6-5-9-3-1-2-4-10(9)11/h1-4,7-8,11,15H,5-6H2/t11-/m0/s1. The van der Waals surface area contributed by atoms with Gasteiger partial charge in [-0.25, -0.2) is 0 Å². The second kappa shape index (κ2) is 4.56. The number of nitrogens with zero attached hydrogens (tertiary/aromatic N) is 3. The number of thiazole rings is 1. The van der Waals surface area contributed by atoms with E-state index in [-0.39, 0.29) is 16.8 Å². The summed E-state index contributed by atoms with van der Waals surface area (Å²) in [6.07, 6.45) is 3.60. The molecule has 21 heavy (non-hydrogen) atoms. The molecule has 1 atom stereocenters. The van der Waals surface area contributed by atoms with Crippen molar-refractivity contribution in [2.24, 2.45) is 0 Å². The third-order valence-electron chi connectivity index (χ3n) is 3.85. The first-order valence-corrected chi connectivity index (χ1v) is 7.56. The Bertz CT molecular complexity index is 838. The van der Waals surface area contributed by atoms with Gasteiger partial charge in [0.1, 0.15) is 6.20 Å². The van der Waals surface area contributed by atoms with E-state index in [0.717, 1.165) is 12.8 Å². The molecule has 1 aliphatic carbocycles.